The third-order valence-electron chi connectivity index (χ3n) is 3.51. The third-order valence-corrected chi connectivity index (χ3v) is 4.37. The van der Waals surface area contributed by atoms with E-state index in [0.717, 1.165) is 25.5 Å². The molecule has 0 aliphatic heterocycles. The molecule has 0 spiro atoms. The quantitative estimate of drug-likeness (QED) is 0.795. The fraction of sp³-hybridized carbons (Fsp3) is 0.615. The van der Waals surface area contributed by atoms with Gasteiger partial charge in [-0.3, -0.25) is 0 Å². The first kappa shape index (κ1) is 15.7. The summed E-state index contributed by atoms with van der Waals surface area (Å²) in [5.41, 5.74) is -0.567. The summed E-state index contributed by atoms with van der Waals surface area (Å²) in [6.45, 7) is 1.77. The number of nitrogens with zero attached hydrogens (tertiary/aromatic N) is 3. The fourth-order valence-electron chi connectivity index (χ4n) is 2.52. The lowest BCUT2D eigenvalue weighted by molar-refractivity contribution is 0.0182. The minimum absolute atomic E-state index is 0.0526. The van der Waals surface area contributed by atoms with Gasteiger partial charge in [-0.25, -0.2) is 13.4 Å². The van der Waals surface area contributed by atoms with Gasteiger partial charge < -0.3 is 10.4 Å². The molecule has 1 aromatic rings. The summed E-state index contributed by atoms with van der Waals surface area (Å²) < 4.78 is 23.0. The smallest absolute Gasteiger partial charge is 0.248 e. The maximum absolute atomic E-state index is 11.5. The first-order chi connectivity index (χ1) is 9.71. The molecular formula is C13H18N4O3S. The van der Waals surface area contributed by atoms with Crippen LogP contribution in [0.1, 0.15) is 38.2 Å². The fourth-order valence-corrected chi connectivity index (χ4v) is 3.02. The molecule has 0 radical (unpaired) electrons. The largest absolute Gasteiger partial charge is 0.390 e. The number of anilines is 1. The molecule has 8 heteroatoms. The van der Waals surface area contributed by atoms with Gasteiger partial charge in [0.05, 0.1) is 11.8 Å². The van der Waals surface area contributed by atoms with Crippen molar-refractivity contribution in [2.45, 2.75) is 49.4 Å². The molecule has 0 saturated heterocycles. The van der Waals surface area contributed by atoms with Crippen LogP contribution in [0.15, 0.2) is 11.4 Å². The second kappa shape index (κ2) is 5.58. The average Bonchev–Trinajstić information content (AvgIpc) is 2.36. The van der Waals surface area contributed by atoms with E-state index in [0.29, 0.717) is 6.42 Å². The zero-order chi connectivity index (χ0) is 15.7. The molecule has 1 aliphatic rings. The number of aromatic nitrogens is 2. The Kier molecular flexibility index (Phi) is 4.16. The van der Waals surface area contributed by atoms with Crippen molar-refractivity contribution in [3.05, 3.63) is 11.8 Å². The van der Waals surface area contributed by atoms with Crippen molar-refractivity contribution in [2.24, 2.45) is 0 Å². The molecule has 2 atom stereocenters. The van der Waals surface area contributed by atoms with Crippen molar-refractivity contribution in [2.75, 3.05) is 11.6 Å². The highest BCUT2D eigenvalue weighted by molar-refractivity contribution is 7.90. The predicted octanol–water partition coefficient (Wildman–Crippen LogP) is 0.857. The first-order valence-corrected chi connectivity index (χ1v) is 8.56. The van der Waals surface area contributed by atoms with Crippen LogP contribution in [0.25, 0.3) is 0 Å². The van der Waals surface area contributed by atoms with Gasteiger partial charge in [-0.1, -0.05) is 0 Å². The van der Waals surface area contributed by atoms with Gasteiger partial charge in [-0.15, -0.1) is 0 Å². The molecule has 1 aliphatic carbocycles. The van der Waals surface area contributed by atoms with Crippen LogP contribution in [-0.2, 0) is 9.84 Å². The van der Waals surface area contributed by atoms with Crippen LogP contribution in [0, 0.1) is 11.3 Å². The molecule has 2 N–H and O–H groups in total. The number of hydrogen-bond acceptors (Lipinski definition) is 7. The number of nitriles is 1. The van der Waals surface area contributed by atoms with Crippen LogP contribution in [-0.4, -0.2) is 41.4 Å². The lowest BCUT2D eigenvalue weighted by Gasteiger charge is -2.34. The van der Waals surface area contributed by atoms with E-state index in [4.69, 9.17) is 5.26 Å². The van der Waals surface area contributed by atoms with E-state index in [1.807, 2.05) is 6.07 Å². The van der Waals surface area contributed by atoms with Crippen molar-refractivity contribution in [3.63, 3.8) is 0 Å². The molecule has 1 aromatic heterocycles. The number of sulfone groups is 1. The molecule has 1 heterocycles. The Bertz CT molecular complexity index is 679. The normalized spacial score (nSPS) is 26.1. The number of rotatable bonds is 3. The van der Waals surface area contributed by atoms with Crippen molar-refractivity contribution in [1.29, 1.82) is 5.26 Å². The highest BCUT2D eigenvalue weighted by atomic mass is 32.2. The van der Waals surface area contributed by atoms with Gasteiger partial charge in [0.1, 0.15) is 17.5 Å². The topological polar surface area (TPSA) is 116 Å². The van der Waals surface area contributed by atoms with Crippen LogP contribution in [0.5, 0.6) is 0 Å². The second-order valence-corrected chi connectivity index (χ2v) is 7.64. The summed E-state index contributed by atoms with van der Waals surface area (Å²) in [7, 11) is -3.53. The molecule has 0 unspecified atom stereocenters. The molecule has 0 aromatic carbocycles. The zero-order valence-corrected chi connectivity index (χ0v) is 12.8. The summed E-state index contributed by atoms with van der Waals surface area (Å²) in [6.07, 6.45) is 5.16. The molecule has 1 fully saturated rings. The predicted molar refractivity (Wildman–Crippen MR) is 76.4 cm³/mol. The van der Waals surface area contributed by atoms with Gasteiger partial charge in [0.15, 0.2) is 0 Å². The molecule has 114 valence electrons. The van der Waals surface area contributed by atoms with Crippen molar-refractivity contribution < 1.29 is 13.5 Å². The standard InChI is InChI=1S/C13H18N4O3S/c1-13(18)5-3-4-10(6-13)16-11-9(7-14)8-15-12(17-11)21(2,19)20/h8,10,18H,3-6H2,1-2H3,(H,15,16,17)/t10-,13+/m0/s1. The summed E-state index contributed by atoms with van der Waals surface area (Å²) in [5.74, 6) is 0.204. The molecule has 0 bridgehead atoms. The Labute approximate surface area is 124 Å². The van der Waals surface area contributed by atoms with Crippen molar-refractivity contribution >= 4 is 15.7 Å². The Hall–Kier alpha value is -1.72. The second-order valence-electron chi connectivity index (χ2n) is 5.73. The SMILES string of the molecule is C[C@@]1(O)CCC[C@H](Nc2nc(S(C)(=O)=O)ncc2C#N)C1. The Morgan fingerprint density at radius 1 is 1.57 bits per heavy atom. The summed E-state index contributed by atoms with van der Waals surface area (Å²) in [4.78, 5) is 7.63. The van der Waals surface area contributed by atoms with E-state index in [1.165, 1.54) is 6.20 Å². The minimum atomic E-state index is -3.53. The van der Waals surface area contributed by atoms with Crippen LogP contribution in [0.3, 0.4) is 0 Å². The van der Waals surface area contributed by atoms with Gasteiger partial charge in [-0.2, -0.15) is 10.2 Å². The molecule has 7 nitrogen and oxygen atoms in total. The van der Waals surface area contributed by atoms with Gasteiger partial charge >= 0.3 is 0 Å². The zero-order valence-electron chi connectivity index (χ0n) is 12.0. The molecule has 1 saturated carbocycles. The summed E-state index contributed by atoms with van der Waals surface area (Å²) >= 11 is 0. The molecule has 2 rings (SSSR count). The van der Waals surface area contributed by atoms with Gasteiger partial charge in [0.2, 0.25) is 15.0 Å². The Morgan fingerprint density at radius 2 is 2.29 bits per heavy atom. The molecule has 21 heavy (non-hydrogen) atoms. The Morgan fingerprint density at radius 3 is 2.86 bits per heavy atom. The lowest BCUT2D eigenvalue weighted by Crippen LogP contribution is -2.38. The highest BCUT2D eigenvalue weighted by Crippen LogP contribution is 2.30. The lowest BCUT2D eigenvalue weighted by atomic mass is 9.83. The average molecular weight is 310 g/mol. The monoisotopic (exact) mass is 310 g/mol. The van der Waals surface area contributed by atoms with E-state index in [2.05, 4.69) is 15.3 Å². The molecule has 0 amide bonds. The van der Waals surface area contributed by atoms with Crippen molar-refractivity contribution in [3.8, 4) is 6.07 Å². The number of hydrogen-bond donors (Lipinski definition) is 2. The Balaban J connectivity index is 2.28. The minimum Gasteiger partial charge on any atom is -0.390 e. The number of aliphatic hydroxyl groups is 1. The van der Waals surface area contributed by atoms with Crippen LogP contribution < -0.4 is 5.32 Å². The third kappa shape index (κ3) is 3.89. The van der Waals surface area contributed by atoms with E-state index in [1.54, 1.807) is 6.92 Å². The van der Waals surface area contributed by atoms with Gasteiger partial charge in [-0.05, 0) is 32.6 Å². The van der Waals surface area contributed by atoms with Crippen LogP contribution in [0.2, 0.25) is 0 Å². The summed E-state index contributed by atoms with van der Waals surface area (Å²) in [5, 5.41) is 21.9. The van der Waals surface area contributed by atoms with E-state index in [-0.39, 0.29) is 22.6 Å². The van der Waals surface area contributed by atoms with Crippen LogP contribution in [0.4, 0.5) is 5.82 Å². The maximum atomic E-state index is 11.5. The maximum Gasteiger partial charge on any atom is 0.248 e. The van der Waals surface area contributed by atoms with Gasteiger partial charge in [0, 0.05) is 12.3 Å². The number of nitrogens with one attached hydrogen (secondary N) is 1. The van der Waals surface area contributed by atoms with Crippen LogP contribution >= 0.6 is 0 Å². The van der Waals surface area contributed by atoms with E-state index < -0.39 is 15.4 Å². The molecular weight excluding hydrogens is 292 g/mol. The first-order valence-electron chi connectivity index (χ1n) is 6.67. The van der Waals surface area contributed by atoms with Gasteiger partial charge in [0.25, 0.3) is 0 Å². The summed E-state index contributed by atoms with van der Waals surface area (Å²) in [6, 6.07) is 1.89. The highest BCUT2D eigenvalue weighted by Gasteiger charge is 2.30. The van der Waals surface area contributed by atoms with E-state index >= 15 is 0 Å². The van der Waals surface area contributed by atoms with Crippen molar-refractivity contribution in [1.82, 2.24) is 9.97 Å². The van der Waals surface area contributed by atoms with E-state index in [9.17, 15) is 13.5 Å².